The monoisotopic (exact) mass is 355 g/mol. The first kappa shape index (κ1) is 16.6. The molecule has 2 fully saturated rings. The number of nitrogens with zero attached hydrogens (tertiary/aromatic N) is 1. The van der Waals surface area contributed by atoms with Gasteiger partial charge in [0.15, 0.2) is 0 Å². The molecule has 5 nitrogen and oxygen atoms in total. The molecule has 124 valence electrons. The molecule has 2 bridgehead atoms. The first-order valence-corrected chi connectivity index (χ1v) is 8.57. The van der Waals surface area contributed by atoms with Crippen LogP contribution in [0.3, 0.4) is 0 Å². The minimum Gasteiger partial charge on any atom is -0.343 e. The molecule has 2 atom stereocenters. The van der Waals surface area contributed by atoms with Crippen molar-refractivity contribution in [3.63, 3.8) is 0 Å². The van der Waals surface area contributed by atoms with Gasteiger partial charge in [-0.2, -0.15) is 0 Å². The number of carbonyl (C=O) groups is 2. The van der Waals surface area contributed by atoms with E-state index in [1.54, 1.807) is 12.1 Å². The highest BCUT2D eigenvalue weighted by Crippen LogP contribution is 2.27. The van der Waals surface area contributed by atoms with E-state index in [1.165, 1.54) is 6.07 Å². The summed E-state index contributed by atoms with van der Waals surface area (Å²) in [6, 6.07) is 5.21. The Balaban J connectivity index is 1.60. The van der Waals surface area contributed by atoms with Crippen molar-refractivity contribution < 1.29 is 9.59 Å². The van der Waals surface area contributed by atoms with E-state index in [1.807, 2.05) is 4.90 Å². The number of fused-ring (bicyclic) bond motifs is 2. The van der Waals surface area contributed by atoms with Crippen LogP contribution in [0, 0.1) is 0 Å². The molecule has 3 rings (SSSR count). The summed E-state index contributed by atoms with van der Waals surface area (Å²) >= 11 is 11.8. The summed E-state index contributed by atoms with van der Waals surface area (Å²) in [6.07, 6.45) is 3.06. The minimum absolute atomic E-state index is 0.00603. The van der Waals surface area contributed by atoms with Crippen LogP contribution < -0.4 is 10.6 Å². The van der Waals surface area contributed by atoms with Gasteiger partial charge in [0.05, 0.1) is 16.6 Å². The summed E-state index contributed by atoms with van der Waals surface area (Å²) in [6.45, 7) is 1.79. The normalized spacial score (nSPS) is 23.5. The standard InChI is InChI=1S/C16H19Cl2N3O2/c17-13-4-1-10(7-14(13)18)16(23)20-9-15(22)21-11-2-3-12(21)8-19-6-5-11/h1,4,7,11-12,19H,2-3,5-6,8-9H2,(H,20,23). The molecule has 2 saturated heterocycles. The van der Waals surface area contributed by atoms with Crippen LogP contribution >= 0.6 is 23.2 Å². The van der Waals surface area contributed by atoms with Crippen LogP contribution in [-0.2, 0) is 4.79 Å². The van der Waals surface area contributed by atoms with E-state index in [2.05, 4.69) is 10.6 Å². The zero-order chi connectivity index (χ0) is 16.4. The predicted molar refractivity (Wildman–Crippen MR) is 89.9 cm³/mol. The Kier molecular flexibility index (Phi) is 5.09. The molecule has 2 amide bonds. The van der Waals surface area contributed by atoms with Crippen molar-refractivity contribution >= 4 is 35.0 Å². The molecule has 2 aliphatic heterocycles. The highest BCUT2D eigenvalue weighted by Gasteiger charge is 2.37. The number of amides is 2. The number of carbonyl (C=O) groups excluding carboxylic acids is 2. The summed E-state index contributed by atoms with van der Waals surface area (Å²) in [4.78, 5) is 26.6. The molecule has 2 N–H and O–H groups in total. The topological polar surface area (TPSA) is 61.4 Å². The zero-order valence-corrected chi connectivity index (χ0v) is 14.2. The number of rotatable bonds is 3. The second kappa shape index (κ2) is 7.07. The van der Waals surface area contributed by atoms with Gasteiger partial charge >= 0.3 is 0 Å². The lowest BCUT2D eigenvalue weighted by molar-refractivity contribution is -0.132. The van der Waals surface area contributed by atoms with Crippen molar-refractivity contribution in [1.29, 1.82) is 0 Å². The molecule has 23 heavy (non-hydrogen) atoms. The van der Waals surface area contributed by atoms with E-state index < -0.39 is 0 Å². The molecule has 2 unspecified atom stereocenters. The van der Waals surface area contributed by atoms with Crippen LogP contribution in [-0.4, -0.2) is 48.4 Å². The third kappa shape index (κ3) is 3.62. The van der Waals surface area contributed by atoms with Gasteiger partial charge in [0.1, 0.15) is 0 Å². The van der Waals surface area contributed by atoms with Gasteiger partial charge in [-0.25, -0.2) is 0 Å². The maximum absolute atomic E-state index is 12.5. The number of halogens is 2. The summed E-state index contributed by atoms with van der Waals surface area (Å²) in [5, 5.41) is 6.75. The summed E-state index contributed by atoms with van der Waals surface area (Å²) in [5.74, 6) is -0.341. The average Bonchev–Trinajstić information content (AvgIpc) is 2.80. The van der Waals surface area contributed by atoms with Crippen molar-refractivity contribution in [2.24, 2.45) is 0 Å². The largest absolute Gasteiger partial charge is 0.343 e. The zero-order valence-electron chi connectivity index (χ0n) is 12.6. The number of hydrogen-bond acceptors (Lipinski definition) is 3. The molecule has 0 aliphatic carbocycles. The van der Waals surface area contributed by atoms with Crippen LogP contribution in [0.15, 0.2) is 18.2 Å². The second-order valence-electron chi connectivity index (χ2n) is 5.99. The van der Waals surface area contributed by atoms with Gasteiger partial charge in [-0.3, -0.25) is 9.59 Å². The van der Waals surface area contributed by atoms with Gasteiger partial charge in [-0.05, 0) is 44.0 Å². The van der Waals surface area contributed by atoms with Crippen LogP contribution in [0.4, 0.5) is 0 Å². The molecule has 7 heteroatoms. The molecule has 0 radical (unpaired) electrons. The van der Waals surface area contributed by atoms with E-state index in [-0.39, 0.29) is 24.4 Å². The van der Waals surface area contributed by atoms with Crippen LogP contribution in [0.5, 0.6) is 0 Å². The first-order valence-electron chi connectivity index (χ1n) is 7.81. The van der Waals surface area contributed by atoms with E-state index in [4.69, 9.17) is 23.2 Å². The van der Waals surface area contributed by atoms with Crippen LogP contribution in [0.1, 0.15) is 29.6 Å². The maximum Gasteiger partial charge on any atom is 0.251 e. The Morgan fingerprint density at radius 2 is 1.96 bits per heavy atom. The SMILES string of the molecule is O=C(NCC(=O)N1C2CCNCC1CC2)c1ccc(Cl)c(Cl)c1. The molecule has 2 aliphatic rings. The van der Waals surface area contributed by atoms with E-state index in [9.17, 15) is 9.59 Å². The van der Waals surface area contributed by atoms with Crippen LogP contribution in [0.25, 0.3) is 0 Å². The van der Waals surface area contributed by atoms with Gasteiger partial charge in [0.2, 0.25) is 5.91 Å². The van der Waals surface area contributed by atoms with Crippen molar-refractivity contribution in [2.45, 2.75) is 31.3 Å². The fraction of sp³-hybridized carbons (Fsp3) is 0.500. The van der Waals surface area contributed by atoms with Crippen molar-refractivity contribution in [2.75, 3.05) is 19.6 Å². The van der Waals surface area contributed by atoms with Gasteiger partial charge in [0, 0.05) is 24.2 Å². The molecule has 1 aromatic carbocycles. The molecule has 1 aromatic rings. The Morgan fingerprint density at radius 1 is 1.17 bits per heavy atom. The lowest BCUT2D eigenvalue weighted by Gasteiger charge is -2.28. The molecular weight excluding hydrogens is 337 g/mol. The molecule has 0 spiro atoms. The number of nitrogens with one attached hydrogen (secondary N) is 2. The first-order chi connectivity index (χ1) is 11.1. The highest BCUT2D eigenvalue weighted by molar-refractivity contribution is 6.42. The third-order valence-corrected chi connectivity index (χ3v) is 5.26. The number of hydrogen-bond donors (Lipinski definition) is 2. The third-order valence-electron chi connectivity index (χ3n) is 4.52. The molecule has 0 saturated carbocycles. The average molecular weight is 356 g/mol. The van der Waals surface area contributed by atoms with E-state index in [0.29, 0.717) is 21.7 Å². The number of benzene rings is 1. The fourth-order valence-corrected chi connectivity index (χ4v) is 3.67. The highest BCUT2D eigenvalue weighted by atomic mass is 35.5. The molecule has 2 heterocycles. The van der Waals surface area contributed by atoms with Crippen molar-refractivity contribution in [3.05, 3.63) is 33.8 Å². The van der Waals surface area contributed by atoms with Crippen LogP contribution in [0.2, 0.25) is 10.0 Å². The Labute approximate surface area is 145 Å². The van der Waals surface area contributed by atoms with Gasteiger partial charge < -0.3 is 15.5 Å². The smallest absolute Gasteiger partial charge is 0.251 e. The summed E-state index contributed by atoms with van der Waals surface area (Å²) in [7, 11) is 0. The Morgan fingerprint density at radius 3 is 2.74 bits per heavy atom. The lowest BCUT2D eigenvalue weighted by Crippen LogP contribution is -2.47. The van der Waals surface area contributed by atoms with Gasteiger partial charge in [-0.15, -0.1) is 0 Å². The fourth-order valence-electron chi connectivity index (χ4n) is 3.38. The second-order valence-corrected chi connectivity index (χ2v) is 6.80. The van der Waals surface area contributed by atoms with E-state index in [0.717, 1.165) is 32.4 Å². The summed E-state index contributed by atoms with van der Waals surface area (Å²) in [5.41, 5.74) is 0.396. The Hall–Kier alpha value is -1.30. The molecular formula is C16H19Cl2N3O2. The van der Waals surface area contributed by atoms with E-state index >= 15 is 0 Å². The molecule has 0 aromatic heterocycles. The maximum atomic E-state index is 12.5. The minimum atomic E-state index is -0.322. The Bertz CT molecular complexity index is 609. The predicted octanol–water partition coefficient (Wildman–Crippen LogP) is 2.08. The lowest BCUT2D eigenvalue weighted by atomic mass is 10.1. The quantitative estimate of drug-likeness (QED) is 0.872. The van der Waals surface area contributed by atoms with Crippen molar-refractivity contribution in [1.82, 2.24) is 15.5 Å². The summed E-state index contributed by atoms with van der Waals surface area (Å²) < 4.78 is 0. The van der Waals surface area contributed by atoms with Crippen molar-refractivity contribution in [3.8, 4) is 0 Å². The van der Waals surface area contributed by atoms with Gasteiger partial charge in [-0.1, -0.05) is 23.2 Å². The van der Waals surface area contributed by atoms with Gasteiger partial charge in [0.25, 0.3) is 5.91 Å².